The average Bonchev–Trinajstić information content (AvgIpc) is 2.94. The Kier molecular flexibility index (Phi) is 3.98. The normalized spacial score (nSPS) is 17.3. The number of nitrogens with zero attached hydrogens (tertiary/aromatic N) is 3. The molecule has 0 spiro atoms. The predicted octanol–water partition coefficient (Wildman–Crippen LogP) is 3.33. The van der Waals surface area contributed by atoms with E-state index in [0.29, 0.717) is 16.7 Å². The maximum atomic E-state index is 12.4. The summed E-state index contributed by atoms with van der Waals surface area (Å²) >= 11 is 5.28. The fourth-order valence-corrected chi connectivity index (χ4v) is 3.15. The Balaban J connectivity index is 2.12. The van der Waals surface area contributed by atoms with Crippen molar-refractivity contribution >= 4 is 40.2 Å². The lowest BCUT2D eigenvalue weighted by Crippen LogP contribution is -2.26. The van der Waals surface area contributed by atoms with Gasteiger partial charge in [0.1, 0.15) is 5.70 Å². The molecule has 2 heterocycles. The summed E-state index contributed by atoms with van der Waals surface area (Å²) in [6, 6.07) is 8.30. The fourth-order valence-electron chi connectivity index (χ4n) is 2.97. The third-order valence-electron chi connectivity index (χ3n) is 4.13. The average molecular weight is 327 g/mol. The van der Waals surface area contributed by atoms with Crippen LogP contribution in [-0.4, -0.2) is 39.5 Å². The molecule has 23 heavy (non-hydrogen) atoms. The first kappa shape index (κ1) is 15.7. The Labute approximate surface area is 142 Å². The number of thiocarbonyl (C=S) groups is 1. The number of aromatic nitrogens is 1. The summed E-state index contributed by atoms with van der Waals surface area (Å²) in [6.45, 7) is 5.36. The number of carbonyl (C=O) groups is 1. The van der Waals surface area contributed by atoms with E-state index in [2.05, 4.69) is 36.7 Å². The van der Waals surface area contributed by atoms with Gasteiger partial charge in [0, 0.05) is 43.3 Å². The summed E-state index contributed by atoms with van der Waals surface area (Å²) in [5.41, 5.74) is 2.86. The van der Waals surface area contributed by atoms with Crippen LogP contribution in [-0.2, 0) is 11.3 Å². The van der Waals surface area contributed by atoms with E-state index in [-0.39, 0.29) is 5.91 Å². The van der Waals surface area contributed by atoms with Crippen LogP contribution in [0.1, 0.15) is 19.4 Å². The summed E-state index contributed by atoms with van der Waals surface area (Å²) in [7, 11) is 3.55. The van der Waals surface area contributed by atoms with Gasteiger partial charge in [0.2, 0.25) is 0 Å². The highest BCUT2D eigenvalue weighted by molar-refractivity contribution is 7.80. The molecule has 1 aromatic carbocycles. The Bertz CT molecular complexity index is 819. The van der Waals surface area contributed by atoms with Crippen LogP contribution in [0.4, 0.5) is 0 Å². The quantitative estimate of drug-likeness (QED) is 0.639. The van der Waals surface area contributed by atoms with Crippen LogP contribution in [0, 0.1) is 5.92 Å². The summed E-state index contributed by atoms with van der Waals surface area (Å²) in [5, 5.41) is 1.69. The zero-order chi connectivity index (χ0) is 16.7. The van der Waals surface area contributed by atoms with E-state index >= 15 is 0 Å². The molecule has 0 bridgehead atoms. The minimum Gasteiger partial charge on any atom is -0.347 e. The number of rotatable bonds is 3. The molecule has 1 amide bonds. The van der Waals surface area contributed by atoms with Gasteiger partial charge in [-0.25, -0.2) is 0 Å². The third kappa shape index (κ3) is 2.65. The van der Waals surface area contributed by atoms with Gasteiger partial charge >= 0.3 is 0 Å². The van der Waals surface area contributed by atoms with Gasteiger partial charge in [0.25, 0.3) is 5.91 Å². The Morgan fingerprint density at radius 1 is 1.17 bits per heavy atom. The maximum absolute atomic E-state index is 12.4. The van der Waals surface area contributed by atoms with Gasteiger partial charge in [-0.05, 0) is 30.3 Å². The first-order valence-electron chi connectivity index (χ1n) is 7.75. The van der Waals surface area contributed by atoms with Gasteiger partial charge in [0.15, 0.2) is 5.11 Å². The van der Waals surface area contributed by atoms with Crippen LogP contribution in [0.2, 0.25) is 0 Å². The second-order valence-electron chi connectivity index (χ2n) is 6.38. The van der Waals surface area contributed by atoms with Gasteiger partial charge in [-0.2, -0.15) is 0 Å². The molecule has 1 aliphatic rings. The van der Waals surface area contributed by atoms with Crippen molar-refractivity contribution in [1.29, 1.82) is 0 Å². The molecule has 2 aromatic rings. The van der Waals surface area contributed by atoms with E-state index in [4.69, 9.17) is 12.2 Å². The van der Waals surface area contributed by atoms with Gasteiger partial charge in [-0.3, -0.25) is 9.69 Å². The van der Waals surface area contributed by atoms with Crippen LogP contribution in [0.5, 0.6) is 0 Å². The van der Waals surface area contributed by atoms with Crippen LogP contribution in [0.15, 0.2) is 36.2 Å². The maximum Gasteiger partial charge on any atom is 0.276 e. The summed E-state index contributed by atoms with van der Waals surface area (Å²) in [6.07, 6.45) is 4.07. The van der Waals surface area contributed by atoms with E-state index < -0.39 is 0 Å². The highest BCUT2D eigenvalue weighted by Crippen LogP contribution is 2.27. The molecule has 0 radical (unpaired) electrons. The van der Waals surface area contributed by atoms with Crippen LogP contribution in [0.25, 0.3) is 17.0 Å². The molecule has 1 aromatic heterocycles. The molecular weight excluding hydrogens is 306 g/mol. The molecular formula is C18H21N3OS. The molecule has 3 rings (SSSR count). The zero-order valence-corrected chi connectivity index (χ0v) is 14.7. The summed E-state index contributed by atoms with van der Waals surface area (Å²) in [5.74, 6) is 0.499. The molecule has 0 unspecified atom stereocenters. The molecule has 5 heteroatoms. The predicted molar refractivity (Wildman–Crippen MR) is 97.9 cm³/mol. The topological polar surface area (TPSA) is 28.5 Å². The number of para-hydroxylation sites is 1. The minimum absolute atomic E-state index is 0.0572. The lowest BCUT2D eigenvalue weighted by Gasteiger charge is -2.10. The Morgan fingerprint density at radius 3 is 2.48 bits per heavy atom. The SMILES string of the molecule is CC(C)Cn1cc(/C=C2/C(=O)N(C)C(=S)N2C)c2ccccc21. The van der Waals surface area contributed by atoms with E-state index in [0.717, 1.165) is 17.5 Å². The van der Waals surface area contributed by atoms with Crippen molar-refractivity contribution in [2.24, 2.45) is 5.92 Å². The molecule has 1 saturated heterocycles. The zero-order valence-electron chi connectivity index (χ0n) is 13.9. The monoisotopic (exact) mass is 327 g/mol. The van der Waals surface area contributed by atoms with Gasteiger partial charge < -0.3 is 9.47 Å². The molecule has 120 valence electrons. The highest BCUT2D eigenvalue weighted by atomic mass is 32.1. The van der Waals surface area contributed by atoms with Crippen molar-refractivity contribution in [2.45, 2.75) is 20.4 Å². The van der Waals surface area contributed by atoms with Gasteiger partial charge in [0.05, 0.1) is 0 Å². The Hall–Kier alpha value is -2.14. The summed E-state index contributed by atoms with van der Waals surface area (Å²) in [4.78, 5) is 15.7. The fraction of sp³-hybridized carbons (Fsp3) is 0.333. The van der Waals surface area contributed by atoms with E-state index in [1.165, 1.54) is 10.4 Å². The molecule has 0 N–H and O–H groups in total. The number of hydrogen-bond acceptors (Lipinski definition) is 2. The minimum atomic E-state index is -0.0572. The van der Waals surface area contributed by atoms with E-state index in [1.807, 2.05) is 25.3 Å². The number of fused-ring (bicyclic) bond motifs is 1. The third-order valence-corrected chi connectivity index (χ3v) is 4.68. The smallest absolute Gasteiger partial charge is 0.276 e. The molecule has 0 atom stereocenters. The number of benzene rings is 1. The van der Waals surface area contributed by atoms with Crippen molar-refractivity contribution in [3.63, 3.8) is 0 Å². The van der Waals surface area contributed by atoms with E-state index in [1.54, 1.807) is 11.9 Å². The molecule has 0 aliphatic carbocycles. The van der Waals surface area contributed by atoms with Crippen LogP contribution < -0.4 is 0 Å². The van der Waals surface area contributed by atoms with E-state index in [9.17, 15) is 4.79 Å². The van der Waals surface area contributed by atoms with Gasteiger partial charge in [-0.1, -0.05) is 32.0 Å². The number of amides is 1. The highest BCUT2D eigenvalue weighted by Gasteiger charge is 2.32. The summed E-state index contributed by atoms with van der Waals surface area (Å²) < 4.78 is 2.26. The largest absolute Gasteiger partial charge is 0.347 e. The molecule has 1 fully saturated rings. The first-order chi connectivity index (χ1) is 10.9. The van der Waals surface area contributed by atoms with Crippen molar-refractivity contribution in [2.75, 3.05) is 14.1 Å². The van der Waals surface area contributed by atoms with Crippen molar-refractivity contribution in [1.82, 2.24) is 14.4 Å². The lowest BCUT2D eigenvalue weighted by atomic mass is 10.1. The second-order valence-corrected chi connectivity index (χ2v) is 6.75. The van der Waals surface area contributed by atoms with Crippen molar-refractivity contribution < 1.29 is 4.79 Å². The standard InChI is InChI=1S/C18H21N3OS/c1-12(2)10-21-11-13(14-7-5-6-8-15(14)21)9-16-17(22)20(4)18(23)19(16)3/h5-9,11-12H,10H2,1-4H3/b16-9-. The van der Waals surface area contributed by atoms with Crippen molar-refractivity contribution in [3.05, 3.63) is 41.7 Å². The molecule has 0 saturated carbocycles. The lowest BCUT2D eigenvalue weighted by molar-refractivity contribution is -0.121. The second kappa shape index (κ2) is 5.81. The molecule has 4 nitrogen and oxygen atoms in total. The van der Waals surface area contributed by atoms with Crippen molar-refractivity contribution in [3.8, 4) is 0 Å². The van der Waals surface area contributed by atoms with Crippen LogP contribution in [0.3, 0.4) is 0 Å². The van der Waals surface area contributed by atoms with Crippen LogP contribution >= 0.6 is 12.2 Å². The number of likely N-dealkylation sites (N-methyl/N-ethyl adjacent to an activating group) is 2. The molecule has 1 aliphatic heterocycles. The number of carbonyl (C=O) groups excluding carboxylic acids is 1. The Morgan fingerprint density at radius 2 is 1.87 bits per heavy atom. The first-order valence-corrected chi connectivity index (χ1v) is 8.16. The van der Waals surface area contributed by atoms with Gasteiger partial charge in [-0.15, -0.1) is 0 Å². The number of hydrogen-bond donors (Lipinski definition) is 0.